The van der Waals surface area contributed by atoms with Crippen LogP contribution in [0.25, 0.3) is 117 Å². The van der Waals surface area contributed by atoms with Crippen molar-refractivity contribution in [3.8, 4) is 62.1 Å². The predicted octanol–water partition coefficient (Wildman–Crippen LogP) is 14.4. The zero-order valence-electron chi connectivity index (χ0n) is 32.3. The zero-order chi connectivity index (χ0) is 39.6. The number of hydrogen-bond acceptors (Lipinski definition) is 4. The van der Waals surface area contributed by atoms with E-state index in [1.165, 1.54) is 21.8 Å². The quantitative estimate of drug-likeness (QED) is 0.169. The second-order valence-corrected chi connectivity index (χ2v) is 15.2. The largest absolute Gasteiger partial charge is 0.455 e. The first-order valence-electron chi connectivity index (χ1n) is 20.2. The van der Waals surface area contributed by atoms with Crippen LogP contribution in [-0.2, 0) is 0 Å². The third-order valence-corrected chi connectivity index (χ3v) is 11.7. The molecule has 0 fully saturated rings. The fourth-order valence-corrected chi connectivity index (χ4v) is 8.75. The first-order valence-corrected chi connectivity index (χ1v) is 20.2. The van der Waals surface area contributed by atoms with Crippen LogP contribution in [0.1, 0.15) is 0 Å². The van der Waals surface area contributed by atoms with Gasteiger partial charge in [0.05, 0.1) is 11.0 Å². The van der Waals surface area contributed by atoms with E-state index in [0.29, 0.717) is 17.5 Å². The molecule has 0 aliphatic rings. The average molecular weight is 767 g/mol. The van der Waals surface area contributed by atoms with E-state index < -0.39 is 0 Å². The van der Waals surface area contributed by atoms with Gasteiger partial charge in [0, 0.05) is 49.5 Å². The van der Waals surface area contributed by atoms with Gasteiger partial charge < -0.3 is 8.98 Å². The van der Waals surface area contributed by atoms with Crippen molar-refractivity contribution in [2.24, 2.45) is 0 Å². The first kappa shape index (κ1) is 33.9. The van der Waals surface area contributed by atoms with Crippen LogP contribution < -0.4 is 0 Å². The highest BCUT2D eigenvalue weighted by atomic mass is 16.3. The molecule has 0 aliphatic heterocycles. The number of furan rings is 1. The predicted molar refractivity (Wildman–Crippen MR) is 246 cm³/mol. The summed E-state index contributed by atoms with van der Waals surface area (Å²) in [5.41, 5.74) is 12.1. The lowest BCUT2D eigenvalue weighted by Crippen LogP contribution is -2.00. The molecule has 9 aromatic carbocycles. The molecule has 12 rings (SSSR count). The van der Waals surface area contributed by atoms with E-state index in [-0.39, 0.29) is 0 Å². The number of fused-ring (bicyclic) bond motifs is 7. The van der Waals surface area contributed by atoms with Crippen LogP contribution in [0.2, 0.25) is 0 Å². The number of benzene rings is 9. The van der Waals surface area contributed by atoms with E-state index in [1.54, 1.807) is 0 Å². The molecule has 3 aromatic heterocycles. The normalized spacial score (nSPS) is 11.7. The Labute approximate surface area is 345 Å². The minimum atomic E-state index is 0.583. The second-order valence-electron chi connectivity index (χ2n) is 15.2. The zero-order valence-corrected chi connectivity index (χ0v) is 32.3. The Hall–Kier alpha value is -8.15. The summed E-state index contributed by atoms with van der Waals surface area (Å²) in [6.07, 6.45) is 0. The average Bonchev–Trinajstić information content (AvgIpc) is 3.87. The molecule has 280 valence electrons. The summed E-state index contributed by atoms with van der Waals surface area (Å²) in [5.74, 6) is 1.80. The van der Waals surface area contributed by atoms with Crippen LogP contribution in [0.5, 0.6) is 0 Å². The Bertz CT molecular complexity index is 3520. The molecule has 0 amide bonds. The summed E-state index contributed by atoms with van der Waals surface area (Å²) in [4.78, 5) is 15.5. The SMILES string of the molecule is c1ccc(-c2ccc(-c3nc(-c4ccccc4)nc(-c4ccc(-c5ccc(-n6c7ccccc7c7ccccc76)cc5)c5oc6cc7ccccc7cc6c45)n3)cc2)cc1. The van der Waals surface area contributed by atoms with Gasteiger partial charge in [-0.2, -0.15) is 0 Å². The molecule has 12 aromatic rings. The standard InChI is InChI=1S/C55H34N4O/c1-3-13-35(14-4-1)36-23-25-39(26-24-36)54-56-53(38-15-5-2-6-16-38)57-55(58-54)46-32-31-43(52-51(46)47-33-40-17-7-8-18-41(40)34-50(47)60-52)37-27-29-42(30-28-37)59-48-21-11-9-19-44(48)45-20-10-12-22-49(45)59/h1-34H. The van der Waals surface area contributed by atoms with Crippen molar-refractivity contribution < 1.29 is 4.42 Å². The fourth-order valence-electron chi connectivity index (χ4n) is 8.75. The van der Waals surface area contributed by atoms with E-state index in [0.717, 1.165) is 77.3 Å². The smallest absolute Gasteiger partial charge is 0.164 e. The van der Waals surface area contributed by atoms with Crippen molar-refractivity contribution in [2.45, 2.75) is 0 Å². The molecular weight excluding hydrogens is 733 g/mol. The van der Waals surface area contributed by atoms with E-state index >= 15 is 0 Å². The van der Waals surface area contributed by atoms with Gasteiger partial charge in [-0.05, 0) is 76.0 Å². The van der Waals surface area contributed by atoms with Gasteiger partial charge >= 0.3 is 0 Å². The minimum Gasteiger partial charge on any atom is -0.455 e. The van der Waals surface area contributed by atoms with Crippen molar-refractivity contribution in [3.05, 3.63) is 206 Å². The van der Waals surface area contributed by atoms with E-state index in [9.17, 15) is 0 Å². The van der Waals surface area contributed by atoms with Gasteiger partial charge in [0.25, 0.3) is 0 Å². The molecule has 0 bridgehead atoms. The third-order valence-electron chi connectivity index (χ3n) is 11.7. The Morgan fingerprint density at radius 3 is 1.50 bits per heavy atom. The Morgan fingerprint density at radius 2 is 0.833 bits per heavy atom. The molecule has 0 N–H and O–H groups in total. The Balaban J connectivity index is 1.05. The Morgan fingerprint density at radius 1 is 0.350 bits per heavy atom. The van der Waals surface area contributed by atoms with E-state index in [4.69, 9.17) is 19.4 Å². The maximum Gasteiger partial charge on any atom is 0.164 e. The topological polar surface area (TPSA) is 56.7 Å². The van der Waals surface area contributed by atoms with Gasteiger partial charge in [-0.1, -0.05) is 158 Å². The van der Waals surface area contributed by atoms with Gasteiger partial charge in [0.2, 0.25) is 0 Å². The molecular formula is C55H34N4O. The highest BCUT2D eigenvalue weighted by Crippen LogP contribution is 2.43. The van der Waals surface area contributed by atoms with Gasteiger partial charge in [-0.3, -0.25) is 0 Å². The minimum absolute atomic E-state index is 0.583. The fraction of sp³-hybridized carbons (Fsp3) is 0. The number of hydrogen-bond donors (Lipinski definition) is 0. The van der Waals surface area contributed by atoms with Crippen LogP contribution in [-0.4, -0.2) is 19.5 Å². The van der Waals surface area contributed by atoms with E-state index in [2.05, 4.69) is 174 Å². The molecule has 0 saturated carbocycles. The molecule has 0 spiro atoms. The van der Waals surface area contributed by atoms with Crippen molar-refractivity contribution in [1.29, 1.82) is 0 Å². The molecule has 0 saturated heterocycles. The van der Waals surface area contributed by atoms with Crippen LogP contribution in [0.4, 0.5) is 0 Å². The molecule has 0 unspecified atom stereocenters. The molecule has 0 atom stereocenters. The highest BCUT2D eigenvalue weighted by molar-refractivity contribution is 6.18. The van der Waals surface area contributed by atoms with Crippen molar-refractivity contribution in [2.75, 3.05) is 0 Å². The number of para-hydroxylation sites is 2. The molecule has 3 heterocycles. The highest BCUT2D eigenvalue weighted by Gasteiger charge is 2.22. The third kappa shape index (κ3) is 5.59. The van der Waals surface area contributed by atoms with Crippen molar-refractivity contribution >= 4 is 54.5 Å². The van der Waals surface area contributed by atoms with Gasteiger partial charge in [-0.15, -0.1) is 0 Å². The van der Waals surface area contributed by atoms with Crippen LogP contribution in [0, 0.1) is 0 Å². The monoisotopic (exact) mass is 766 g/mol. The number of aromatic nitrogens is 4. The van der Waals surface area contributed by atoms with Crippen LogP contribution >= 0.6 is 0 Å². The maximum absolute atomic E-state index is 6.93. The maximum atomic E-state index is 6.93. The lowest BCUT2D eigenvalue weighted by atomic mass is 9.97. The molecule has 0 aliphatic carbocycles. The Kier molecular flexibility index (Phi) is 7.78. The van der Waals surface area contributed by atoms with E-state index in [1.807, 2.05) is 36.4 Å². The summed E-state index contributed by atoms with van der Waals surface area (Å²) in [6, 6.07) is 72.1. The van der Waals surface area contributed by atoms with Gasteiger partial charge in [-0.25, -0.2) is 15.0 Å². The first-order chi connectivity index (χ1) is 29.7. The summed E-state index contributed by atoms with van der Waals surface area (Å²) < 4.78 is 9.28. The lowest BCUT2D eigenvalue weighted by Gasteiger charge is -2.12. The van der Waals surface area contributed by atoms with Gasteiger partial charge in [0.15, 0.2) is 17.5 Å². The van der Waals surface area contributed by atoms with Gasteiger partial charge in [0.1, 0.15) is 11.2 Å². The summed E-state index contributed by atoms with van der Waals surface area (Å²) in [7, 11) is 0. The lowest BCUT2D eigenvalue weighted by molar-refractivity contribution is 0.670. The number of rotatable bonds is 6. The molecule has 5 heteroatoms. The van der Waals surface area contributed by atoms with Crippen LogP contribution in [0.3, 0.4) is 0 Å². The number of nitrogens with zero attached hydrogens (tertiary/aromatic N) is 4. The van der Waals surface area contributed by atoms with Crippen LogP contribution in [0.15, 0.2) is 211 Å². The molecule has 60 heavy (non-hydrogen) atoms. The second kappa shape index (κ2) is 13.8. The summed E-state index contributed by atoms with van der Waals surface area (Å²) >= 11 is 0. The van der Waals surface area contributed by atoms with Crippen molar-refractivity contribution in [1.82, 2.24) is 19.5 Å². The summed E-state index contributed by atoms with van der Waals surface area (Å²) in [6.45, 7) is 0. The van der Waals surface area contributed by atoms with Crippen molar-refractivity contribution in [3.63, 3.8) is 0 Å². The molecule has 5 nitrogen and oxygen atoms in total. The molecule has 0 radical (unpaired) electrons. The summed E-state index contributed by atoms with van der Waals surface area (Å²) in [5, 5.41) is 6.72.